The summed E-state index contributed by atoms with van der Waals surface area (Å²) >= 11 is 5.86. The summed E-state index contributed by atoms with van der Waals surface area (Å²) in [5.41, 5.74) is 0.791. The van der Waals surface area contributed by atoms with E-state index in [1.165, 1.54) is 36.2 Å². The number of halogens is 1. The topological polar surface area (TPSA) is 96.0 Å². The molecule has 0 saturated carbocycles. The first-order valence-electron chi connectivity index (χ1n) is 11.1. The zero-order valence-electron chi connectivity index (χ0n) is 20.0. The maximum Gasteiger partial charge on any atom is 0.243 e. The SMILES string of the molecule is CCCNC(=O)C(CC)N(Cc1ccc(OC)cc1)C(=O)CN(C)S(=O)(=O)c1ccc(Cl)cc1. The molecular formula is C24H32ClN3O5S. The second-order valence-electron chi connectivity index (χ2n) is 7.80. The summed E-state index contributed by atoms with van der Waals surface area (Å²) in [6.45, 7) is 3.98. The van der Waals surface area contributed by atoms with Crippen molar-refractivity contribution in [2.75, 3.05) is 27.2 Å². The van der Waals surface area contributed by atoms with Gasteiger partial charge in [-0.3, -0.25) is 9.59 Å². The molecule has 186 valence electrons. The predicted molar refractivity (Wildman–Crippen MR) is 132 cm³/mol. The Hall–Kier alpha value is -2.62. The lowest BCUT2D eigenvalue weighted by molar-refractivity contribution is -0.141. The number of carbonyl (C=O) groups excluding carboxylic acids is 2. The number of benzene rings is 2. The lowest BCUT2D eigenvalue weighted by atomic mass is 10.1. The molecule has 0 aromatic heterocycles. The van der Waals surface area contributed by atoms with Crippen molar-refractivity contribution < 1.29 is 22.7 Å². The van der Waals surface area contributed by atoms with Crippen LogP contribution in [-0.2, 0) is 26.2 Å². The Bertz CT molecular complexity index is 1060. The van der Waals surface area contributed by atoms with Crippen LogP contribution >= 0.6 is 11.6 Å². The normalized spacial score (nSPS) is 12.3. The zero-order valence-corrected chi connectivity index (χ0v) is 21.5. The van der Waals surface area contributed by atoms with Crippen molar-refractivity contribution in [3.63, 3.8) is 0 Å². The summed E-state index contributed by atoms with van der Waals surface area (Å²) in [6, 6.07) is 12.2. The number of hydrogen-bond acceptors (Lipinski definition) is 5. The van der Waals surface area contributed by atoms with Gasteiger partial charge in [-0.1, -0.05) is 37.6 Å². The van der Waals surface area contributed by atoms with E-state index in [1.54, 1.807) is 19.2 Å². The second-order valence-corrected chi connectivity index (χ2v) is 10.3. The average molecular weight is 510 g/mol. The van der Waals surface area contributed by atoms with Crippen LogP contribution in [0.25, 0.3) is 0 Å². The molecule has 1 N–H and O–H groups in total. The highest BCUT2D eigenvalue weighted by Crippen LogP contribution is 2.20. The zero-order chi connectivity index (χ0) is 25.3. The van der Waals surface area contributed by atoms with Gasteiger partial charge in [0, 0.05) is 25.2 Å². The minimum absolute atomic E-state index is 0.0293. The van der Waals surface area contributed by atoms with E-state index >= 15 is 0 Å². The molecule has 1 unspecified atom stereocenters. The summed E-state index contributed by atoms with van der Waals surface area (Å²) in [7, 11) is -1.02. The third kappa shape index (κ3) is 7.19. The fourth-order valence-electron chi connectivity index (χ4n) is 3.37. The number of rotatable bonds is 12. The van der Waals surface area contributed by atoms with Gasteiger partial charge in [0.2, 0.25) is 21.8 Å². The molecule has 0 fully saturated rings. The summed E-state index contributed by atoms with van der Waals surface area (Å²) < 4.78 is 32.1. The van der Waals surface area contributed by atoms with Crippen LogP contribution in [-0.4, -0.2) is 62.7 Å². The molecule has 1 atom stereocenters. The minimum Gasteiger partial charge on any atom is -0.497 e. The Labute approximate surface area is 206 Å². The minimum atomic E-state index is -3.92. The van der Waals surface area contributed by atoms with Crippen molar-refractivity contribution in [2.24, 2.45) is 0 Å². The van der Waals surface area contributed by atoms with Gasteiger partial charge in [0.05, 0.1) is 18.6 Å². The van der Waals surface area contributed by atoms with Crippen LogP contribution in [0.1, 0.15) is 32.3 Å². The van der Waals surface area contributed by atoms with Crippen LogP contribution < -0.4 is 10.1 Å². The average Bonchev–Trinajstić information content (AvgIpc) is 2.83. The van der Waals surface area contributed by atoms with Crippen molar-refractivity contribution in [1.82, 2.24) is 14.5 Å². The first-order valence-corrected chi connectivity index (χ1v) is 12.9. The smallest absolute Gasteiger partial charge is 0.243 e. The number of nitrogens with one attached hydrogen (secondary N) is 1. The highest BCUT2D eigenvalue weighted by molar-refractivity contribution is 7.89. The Morgan fingerprint density at radius 1 is 1.06 bits per heavy atom. The van der Waals surface area contributed by atoms with Crippen LogP contribution in [0, 0.1) is 0 Å². The van der Waals surface area contributed by atoms with E-state index in [9.17, 15) is 18.0 Å². The van der Waals surface area contributed by atoms with E-state index in [0.717, 1.165) is 16.3 Å². The lowest BCUT2D eigenvalue weighted by Gasteiger charge is -2.32. The van der Waals surface area contributed by atoms with Gasteiger partial charge in [0.25, 0.3) is 0 Å². The van der Waals surface area contributed by atoms with E-state index in [0.29, 0.717) is 23.7 Å². The molecule has 2 aromatic rings. The van der Waals surface area contributed by atoms with Crippen LogP contribution in [0.3, 0.4) is 0 Å². The largest absolute Gasteiger partial charge is 0.497 e. The standard InChI is InChI=1S/C24H32ClN3O5S/c1-5-15-26-24(30)22(6-2)28(16-18-7-11-20(33-4)12-8-18)23(29)17-27(3)34(31,32)21-13-9-19(25)10-14-21/h7-14,22H,5-6,15-17H2,1-4H3,(H,26,30). The summed E-state index contributed by atoms with van der Waals surface area (Å²) in [4.78, 5) is 27.7. The van der Waals surface area contributed by atoms with Crippen LogP contribution in [0.2, 0.25) is 5.02 Å². The molecule has 0 bridgehead atoms. The molecule has 0 spiro atoms. The number of carbonyl (C=O) groups is 2. The van der Waals surface area contributed by atoms with Gasteiger partial charge in [0.15, 0.2) is 0 Å². The maximum absolute atomic E-state index is 13.4. The van der Waals surface area contributed by atoms with E-state index in [4.69, 9.17) is 16.3 Å². The van der Waals surface area contributed by atoms with E-state index in [-0.39, 0.29) is 17.3 Å². The van der Waals surface area contributed by atoms with Gasteiger partial charge in [-0.15, -0.1) is 0 Å². The van der Waals surface area contributed by atoms with Crippen LogP contribution in [0.5, 0.6) is 5.75 Å². The van der Waals surface area contributed by atoms with Crippen molar-refractivity contribution in [3.8, 4) is 5.75 Å². The first-order chi connectivity index (χ1) is 16.1. The summed E-state index contributed by atoms with van der Waals surface area (Å²) in [5, 5.41) is 3.25. The van der Waals surface area contributed by atoms with Gasteiger partial charge in [0.1, 0.15) is 11.8 Å². The van der Waals surface area contributed by atoms with E-state index in [1.807, 2.05) is 26.0 Å². The van der Waals surface area contributed by atoms with E-state index in [2.05, 4.69) is 5.32 Å². The number of ether oxygens (including phenoxy) is 1. The molecule has 0 aliphatic heterocycles. The van der Waals surface area contributed by atoms with Gasteiger partial charge in [-0.05, 0) is 54.8 Å². The number of methoxy groups -OCH3 is 1. The molecule has 10 heteroatoms. The fourth-order valence-corrected chi connectivity index (χ4v) is 4.61. The molecule has 8 nitrogen and oxygen atoms in total. The van der Waals surface area contributed by atoms with Crippen LogP contribution in [0.4, 0.5) is 0 Å². The molecule has 2 rings (SSSR count). The maximum atomic E-state index is 13.4. The molecule has 0 saturated heterocycles. The monoisotopic (exact) mass is 509 g/mol. The molecule has 2 aromatic carbocycles. The molecule has 0 aliphatic rings. The van der Waals surface area contributed by atoms with Crippen molar-refractivity contribution in [3.05, 3.63) is 59.1 Å². The highest BCUT2D eigenvalue weighted by atomic mass is 35.5. The lowest BCUT2D eigenvalue weighted by Crippen LogP contribution is -2.51. The van der Waals surface area contributed by atoms with Crippen molar-refractivity contribution >= 4 is 33.4 Å². The second kappa shape index (κ2) is 12.7. The molecule has 0 heterocycles. The third-order valence-corrected chi connectivity index (χ3v) is 7.40. The Balaban J connectivity index is 2.30. The molecule has 0 aliphatic carbocycles. The van der Waals surface area contributed by atoms with Gasteiger partial charge >= 0.3 is 0 Å². The first kappa shape index (κ1) is 27.6. The fraction of sp³-hybridized carbons (Fsp3) is 0.417. The van der Waals surface area contributed by atoms with Crippen molar-refractivity contribution in [2.45, 2.75) is 44.2 Å². The number of nitrogens with zero attached hydrogens (tertiary/aromatic N) is 2. The van der Waals surface area contributed by atoms with Crippen LogP contribution in [0.15, 0.2) is 53.4 Å². The molecule has 34 heavy (non-hydrogen) atoms. The van der Waals surface area contributed by atoms with Gasteiger partial charge < -0.3 is 15.0 Å². The number of likely N-dealkylation sites (N-methyl/N-ethyl adjacent to an activating group) is 1. The molecule has 0 radical (unpaired) electrons. The Kier molecular flexibility index (Phi) is 10.3. The Morgan fingerprint density at radius 2 is 1.68 bits per heavy atom. The summed E-state index contributed by atoms with van der Waals surface area (Å²) in [6.07, 6.45) is 1.14. The number of hydrogen-bond donors (Lipinski definition) is 1. The number of sulfonamides is 1. The quantitative estimate of drug-likeness (QED) is 0.473. The number of amides is 2. The van der Waals surface area contributed by atoms with E-state index < -0.39 is 28.5 Å². The molecule has 2 amide bonds. The third-order valence-electron chi connectivity index (χ3n) is 5.33. The van der Waals surface area contributed by atoms with Crippen molar-refractivity contribution in [1.29, 1.82) is 0 Å². The van der Waals surface area contributed by atoms with Gasteiger partial charge in [-0.25, -0.2) is 8.42 Å². The molecular weight excluding hydrogens is 478 g/mol. The highest BCUT2D eigenvalue weighted by Gasteiger charge is 2.31. The summed E-state index contributed by atoms with van der Waals surface area (Å²) in [5.74, 6) is -0.0769. The van der Waals surface area contributed by atoms with Gasteiger partial charge in [-0.2, -0.15) is 4.31 Å². The predicted octanol–water partition coefficient (Wildman–Crippen LogP) is 3.30. The Morgan fingerprint density at radius 3 is 2.21 bits per heavy atom.